The van der Waals surface area contributed by atoms with Crippen molar-refractivity contribution < 1.29 is 0 Å². The first-order chi connectivity index (χ1) is 6.27. The Balaban J connectivity index is 1.93. The third-order valence-corrected chi connectivity index (χ3v) is 2.92. The summed E-state index contributed by atoms with van der Waals surface area (Å²) in [4.78, 5) is 0. The Labute approximate surface area is 81.0 Å². The van der Waals surface area contributed by atoms with E-state index in [0.29, 0.717) is 0 Å². The summed E-state index contributed by atoms with van der Waals surface area (Å²) in [7, 11) is 0. The van der Waals surface area contributed by atoms with Crippen molar-refractivity contribution >= 4 is 0 Å². The van der Waals surface area contributed by atoms with Gasteiger partial charge >= 0.3 is 0 Å². The summed E-state index contributed by atoms with van der Waals surface area (Å²) in [5.74, 6) is 2.71. The molecule has 0 bridgehead atoms. The van der Waals surface area contributed by atoms with Crippen LogP contribution in [-0.4, -0.2) is 0 Å². The molecule has 2 atom stereocenters. The molecule has 70 valence electrons. The van der Waals surface area contributed by atoms with Crippen molar-refractivity contribution in [1.29, 1.82) is 0 Å². The standard InChI is InChI=1S/C13H18/c1-10(2)8-12-9-13(12)11-6-4-3-5-7-11/h3-7,10,12-13H,8-9H2,1-2H3. The van der Waals surface area contributed by atoms with Crippen molar-refractivity contribution in [2.45, 2.75) is 32.6 Å². The first-order valence-electron chi connectivity index (χ1n) is 5.32. The van der Waals surface area contributed by atoms with E-state index in [1.54, 1.807) is 5.56 Å². The summed E-state index contributed by atoms with van der Waals surface area (Å²) in [6.07, 6.45) is 2.82. The Morgan fingerprint density at radius 1 is 1.23 bits per heavy atom. The maximum absolute atomic E-state index is 2.32. The third-order valence-electron chi connectivity index (χ3n) is 2.92. The van der Waals surface area contributed by atoms with Gasteiger partial charge in [0, 0.05) is 0 Å². The molecular formula is C13H18. The van der Waals surface area contributed by atoms with E-state index >= 15 is 0 Å². The molecule has 0 radical (unpaired) electrons. The monoisotopic (exact) mass is 174 g/mol. The molecule has 0 nitrogen and oxygen atoms in total. The van der Waals surface area contributed by atoms with Crippen molar-refractivity contribution in [1.82, 2.24) is 0 Å². The predicted octanol–water partition coefficient (Wildman–Crippen LogP) is 3.84. The molecule has 2 unspecified atom stereocenters. The van der Waals surface area contributed by atoms with Gasteiger partial charge in [0.15, 0.2) is 0 Å². The summed E-state index contributed by atoms with van der Waals surface area (Å²) in [6.45, 7) is 4.64. The molecule has 1 aromatic rings. The van der Waals surface area contributed by atoms with Gasteiger partial charge in [-0.15, -0.1) is 0 Å². The van der Waals surface area contributed by atoms with Gasteiger partial charge in [-0.1, -0.05) is 44.2 Å². The fourth-order valence-corrected chi connectivity index (χ4v) is 2.22. The van der Waals surface area contributed by atoms with Gasteiger partial charge < -0.3 is 0 Å². The zero-order chi connectivity index (χ0) is 9.26. The maximum atomic E-state index is 2.32. The average Bonchev–Trinajstić information content (AvgIpc) is 2.84. The molecule has 1 fully saturated rings. The maximum Gasteiger partial charge on any atom is -0.0130 e. The Hall–Kier alpha value is -0.780. The molecule has 0 heterocycles. The van der Waals surface area contributed by atoms with Crippen LogP contribution in [0.3, 0.4) is 0 Å². The molecule has 0 amide bonds. The van der Waals surface area contributed by atoms with E-state index < -0.39 is 0 Å². The molecule has 0 aliphatic heterocycles. The molecule has 1 saturated carbocycles. The number of rotatable bonds is 3. The van der Waals surface area contributed by atoms with E-state index in [9.17, 15) is 0 Å². The van der Waals surface area contributed by atoms with E-state index in [4.69, 9.17) is 0 Å². The average molecular weight is 174 g/mol. The van der Waals surface area contributed by atoms with Crippen LogP contribution in [0.15, 0.2) is 30.3 Å². The summed E-state index contributed by atoms with van der Waals surface area (Å²) in [5.41, 5.74) is 1.55. The Morgan fingerprint density at radius 3 is 2.54 bits per heavy atom. The van der Waals surface area contributed by atoms with Crippen molar-refractivity contribution in [2.75, 3.05) is 0 Å². The van der Waals surface area contributed by atoms with Crippen LogP contribution in [0.4, 0.5) is 0 Å². The predicted molar refractivity (Wildman–Crippen MR) is 56.7 cm³/mol. The van der Waals surface area contributed by atoms with Crippen LogP contribution in [0.25, 0.3) is 0 Å². The summed E-state index contributed by atoms with van der Waals surface area (Å²) >= 11 is 0. The van der Waals surface area contributed by atoms with Gasteiger partial charge in [-0.3, -0.25) is 0 Å². The lowest BCUT2D eigenvalue weighted by molar-refractivity contribution is 0.532. The molecule has 0 heteroatoms. The lowest BCUT2D eigenvalue weighted by Gasteiger charge is -2.03. The highest BCUT2D eigenvalue weighted by atomic mass is 14.4. The van der Waals surface area contributed by atoms with E-state index in [2.05, 4.69) is 44.2 Å². The van der Waals surface area contributed by atoms with Crippen LogP contribution in [0.1, 0.15) is 38.2 Å². The van der Waals surface area contributed by atoms with Gasteiger partial charge in [-0.05, 0) is 36.2 Å². The molecule has 1 aliphatic rings. The molecule has 1 aromatic carbocycles. The second kappa shape index (κ2) is 3.53. The van der Waals surface area contributed by atoms with Gasteiger partial charge in [-0.2, -0.15) is 0 Å². The molecule has 2 rings (SSSR count). The smallest absolute Gasteiger partial charge is 0.0130 e. The number of benzene rings is 1. The van der Waals surface area contributed by atoms with Crippen LogP contribution in [0.2, 0.25) is 0 Å². The highest BCUT2D eigenvalue weighted by molar-refractivity contribution is 5.25. The minimum atomic E-state index is 0.860. The van der Waals surface area contributed by atoms with Gasteiger partial charge in [0.1, 0.15) is 0 Å². The largest absolute Gasteiger partial charge is 0.0628 e. The van der Waals surface area contributed by atoms with Crippen LogP contribution >= 0.6 is 0 Å². The summed E-state index contributed by atoms with van der Waals surface area (Å²) in [5, 5.41) is 0. The van der Waals surface area contributed by atoms with E-state index in [-0.39, 0.29) is 0 Å². The van der Waals surface area contributed by atoms with Crippen LogP contribution in [0, 0.1) is 11.8 Å². The Morgan fingerprint density at radius 2 is 1.92 bits per heavy atom. The highest BCUT2D eigenvalue weighted by Gasteiger charge is 2.37. The van der Waals surface area contributed by atoms with E-state index in [1.165, 1.54) is 12.8 Å². The van der Waals surface area contributed by atoms with Gasteiger partial charge in [0.05, 0.1) is 0 Å². The number of hydrogen-bond acceptors (Lipinski definition) is 0. The zero-order valence-corrected chi connectivity index (χ0v) is 8.53. The Bertz CT molecular complexity index is 261. The second-order valence-corrected chi connectivity index (χ2v) is 4.64. The summed E-state index contributed by atoms with van der Waals surface area (Å²) < 4.78 is 0. The van der Waals surface area contributed by atoms with Crippen molar-refractivity contribution in [3.8, 4) is 0 Å². The van der Waals surface area contributed by atoms with Crippen molar-refractivity contribution in [2.24, 2.45) is 11.8 Å². The van der Waals surface area contributed by atoms with Crippen LogP contribution in [-0.2, 0) is 0 Å². The van der Waals surface area contributed by atoms with Gasteiger partial charge in [0.25, 0.3) is 0 Å². The summed E-state index contributed by atoms with van der Waals surface area (Å²) in [6, 6.07) is 10.9. The lowest BCUT2D eigenvalue weighted by Crippen LogP contribution is -1.90. The SMILES string of the molecule is CC(C)CC1CC1c1ccccc1. The zero-order valence-electron chi connectivity index (χ0n) is 8.53. The van der Waals surface area contributed by atoms with Crippen LogP contribution < -0.4 is 0 Å². The van der Waals surface area contributed by atoms with Crippen molar-refractivity contribution in [3.63, 3.8) is 0 Å². The lowest BCUT2D eigenvalue weighted by atomic mass is 10.0. The van der Waals surface area contributed by atoms with Crippen LogP contribution in [0.5, 0.6) is 0 Å². The minimum absolute atomic E-state index is 0.860. The molecular weight excluding hydrogens is 156 g/mol. The molecule has 0 spiro atoms. The second-order valence-electron chi connectivity index (χ2n) is 4.64. The number of hydrogen-bond donors (Lipinski definition) is 0. The highest BCUT2D eigenvalue weighted by Crippen LogP contribution is 2.50. The van der Waals surface area contributed by atoms with Gasteiger partial charge in [-0.25, -0.2) is 0 Å². The topological polar surface area (TPSA) is 0 Å². The fourth-order valence-electron chi connectivity index (χ4n) is 2.22. The quantitative estimate of drug-likeness (QED) is 0.653. The Kier molecular flexibility index (Phi) is 2.39. The van der Waals surface area contributed by atoms with E-state index in [1.807, 2.05) is 0 Å². The third kappa shape index (κ3) is 2.12. The first kappa shape index (κ1) is 8.80. The molecule has 0 N–H and O–H groups in total. The molecule has 0 saturated heterocycles. The van der Waals surface area contributed by atoms with Gasteiger partial charge in [0.2, 0.25) is 0 Å². The minimum Gasteiger partial charge on any atom is -0.0628 e. The van der Waals surface area contributed by atoms with Crippen molar-refractivity contribution in [3.05, 3.63) is 35.9 Å². The molecule has 0 aromatic heterocycles. The van der Waals surface area contributed by atoms with E-state index in [0.717, 1.165) is 17.8 Å². The fraction of sp³-hybridized carbons (Fsp3) is 0.538. The molecule has 13 heavy (non-hydrogen) atoms. The first-order valence-corrected chi connectivity index (χ1v) is 5.32. The molecule has 1 aliphatic carbocycles. The normalized spacial score (nSPS) is 26.4.